The lowest BCUT2D eigenvalue weighted by Crippen LogP contribution is -2.34. The molecule has 0 spiro atoms. The normalized spacial score (nSPS) is 10.8. The number of furan rings is 1. The smallest absolute Gasteiger partial charge is 0.331 e. The van der Waals surface area contributed by atoms with E-state index in [-0.39, 0.29) is 5.82 Å². The monoisotopic (exact) mass is 395 g/mol. The van der Waals surface area contributed by atoms with Crippen molar-refractivity contribution in [1.82, 2.24) is 0 Å². The van der Waals surface area contributed by atoms with Gasteiger partial charge < -0.3 is 14.1 Å². The van der Waals surface area contributed by atoms with Crippen molar-refractivity contribution in [3.63, 3.8) is 0 Å². The summed E-state index contributed by atoms with van der Waals surface area (Å²) in [7, 11) is 0. The van der Waals surface area contributed by atoms with Crippen molar-refractivity contribution >= 4 is 39.6 Å². The van der Waals surface area contributed by atoms with E-state index in [0.717, 1.165) is 0 Å². The summed E-state index contributed by atoms with van der Waals surface area (Å²) in [5.74, 6) is -0.965. The molecule has 1 aromatic carbocycles. The maximum Gasteiger partial charge on any atom is 0.331 e. The number of nitrogens with zero attached hydrogens (tertiary/aromatic N) is 1. The Morgan fingerprint density at radius 2 is 1.96 bits per heavy atom. The third-order valence-electron chi connectivity index (χ3n) is 3.07. The zero-order chi connectivity index (χ0) is 17.5. The molecule has 0 saturated carbocycles. The molecule has 2 aromatic rings. The van der Waals surface area contributed by atoms with E-state index in [4.69, 9.17) is 9.15 Å². The highest BCUT2D eigenvalue weighted by molar-refractivity contribution is 9.10. The second-order valence-electron chi connectivity index (χ2n) is 4.70. The van der Waals surface area contributed by atoms with E-state index in [9.17, 15) is 14.0 Å². The minimum atomic E-state index is -0.661. The summed E-state index contributed by atoms with van der Waals surface area (Å²) in [4.78, 5) is 25.2. The van der Waals surface area contributed by atoms with E-state index in [1.165, 1.54) is 41.3 Å². The topological polar surface area (TPSA) is 59.8 Å². The van der Waals surface area contributed by atoms with E-state index < -0.39 is 18.5 Å². The Bertz CT molecular complexity index is 739. The molecule has 1 heterocycles. The van der Waals surface area contributed by atoms with E-state index in [2.05, 4.69) is 15.9 Å². The Hall–Kier alpha value is -2.41. The Morgan fingerprint density at radius 1 is 1.25 bits per heavy atom. The molecule has 0 atom stereocenters. The van der Waals surface area contributed by atoms with Crippen LogP contribution in [0, 0.1) is 5.82 Å². The molecule has 0 aliphatic carbocycles. The second kappa shape index (κ2) is 8.44. The Balaban J connectivity index is 1.89. The van der Waals surface area contributed by atoms with Crippen molar-refractivity contribution in [2.75, 3.05) is 18.1 Å². The van der Waals surface area contributed by atoms with Crippen molar-refractivity contribution < 1.29 is 23.1 Å². The number of hydrogen-bond donors (Lipinski definition) is 0. The first-order valence-electron chi connectivity index (χ1n) is 7.15. The van der Waals surface area contributed by atoms with Crippen molar-refractivity contribution in [1.29, 1.82) is 0 Å². The molecule has 0 saturated heterocycles. The number of halogens is 2. The first-order valence-corrected chi connectivity index (χ1v) is 7.95. The lowest BCUT2D eigenvalue weighted by atomic mass is 10.2. The number of carbonyl (C=O) groups excluding carboxylic acids is 2. The third-order valence-corrected chi connectivity index (χ3v) is 3.50. The molecule has 0 bridgehead atoms. The van der Waals surface area contributed by atoms with Crippen LogP contribution in [0.4, 0.5) is 10.1 Å². The van der Waals surface area contributed by atoms with Crippen LogP contribution in [0.1, 0.15) is 12.7 Å². The SMILES string of the molecule is CCN(C(=O)COC(=O)/C=C/c1ccc(Br)o1)c1ccc(F)cc1. The lowest BCUT2D eigenvalue weighted by Gasteiger charge is -2.20. The molecule has 0 N–H and O–H groups in total. The van der Waals surface area contributed by atoms with Crippen LogP contribution < -0.4 is 4.90 Å². The van der Waals surface area contributed by atoms with Gasteiger partial charge in [0, 0.05) is 18.3 Å². The average molecular weight is 396 g/mol. The van der Waals surface area contributed by atoms with Crippen molar-refractivity contribution in [2.45, 2.75) is 6.92 Å². The summed E-state index contributed by atoms with van der Waals surface area (Å²) in [6.45, 7) is 1.74. The fourth-order valence-electron chi connectivity index (χ4n) is 1.95. The molecule has 0 radical (unpaired) electrons. The molecule has 7 heteroatoms. The number of ether oxygens (including phenoxy) is 1. The number of amides is 1. The summed E-state index contributed by atoms with van der Waals surface area (Å²) in [6.07, 6.45) is 2.61. The van der Waals surface area contributed by atoms with Gasteiger partial charge in [0.05, 0.1) is 0 Å². The van der Waals surface area contributed by atoms with Gasteiger partial charge in [-0.05, 0) is 65.3 Å². The van der Waals surface area contributed by atoms with Gasteiger partial charge in [0.2, 0.25) is 0 Å². The summed E-state index contributed by atoms with van der Waals surface area (Å²) in [5.41, 5.74) is 0.538. The minimum absolute atomic E-state index is 0.373. The predicted molar refractivity (Wildman–Crippen MR) is 90.8 cm³/mol. The van der Waals surface area contributed by atoms with E-state index in [1.54, 1.807) is 19.1 Å². The van der Waals surface area contributed by atoms with Gasteiger partial charge in [-0.15, -0.1) is 0 Å². The second-order valence-corrected chi connectivity index (χ2v) is 5.48. The summed E-state index contributed by atoms with van der Waals surface area (Å²) >= 11 is 3.15. The Morgan fingerprint density at radius 3 is 2.54 bits per heavy atom. The molecule has 0 aliphatic heterocycles. The van der Waals surface area contributed by atoms with Crippen LogP contribution in [-0.4, -0.2) is 25.0 Å². The van der Waals surface area contributed by atoms with Gasteiger partial charge in [-0.3, -0.25) is 4.79 Å². The van der Waals surface area contributed by atoms with Gasteiger partial charge in [0.25, 0.3) is 5.91 Å². The molecular weight excluding hydrogens is 381 g/mol. The highest BCUT2D eigenvalue weighted by Crippen LogP contribution is 2.16. The van der Waals surface area contributed by atoms with E-state index in [0.29, 0.717) is 22.7 Å². The fraction of sp³-hybridized carbons (Fsp3) is 0.176. The average Bonchev–Trinajstić information content (AvgIpc) is 2.99. The van der Waals surface area contributed by atoms with Gasteiger partial charge in [0.15, 0.2) is 11.3 Å². The van der Waals surface area contributed by atoms with Gasteiger partial charge >= 0.3 is 5.97 Å². The first kappa shape index (κ1) is 17.9. The van der Waals surface area contributed by atoms with E-state index in [1.807, 2.05) is 0 Å². The number of carbonyl (C=O) groups is 2. The number of anilines is 1. The largest absolute Gasteiger partial charge is 0.452 e. The lowest BCUT2D eigenvalue weighted by molar-refractivity contribution is -0.142. The number of esters is 1. The first-order chi connectivity index (χ1) is 11.5. The predicted octanol–water partition coefficient (Wildman–Crippen LogP) is 3.79. The fourth-order valence-corrected chi connectivity index (χ4v) is 2.27. The molecule has 0 fully saturated rings. The number of likely N-dealkylation sites (N-methyl/N-ethyl adjacent to an activating group) is 1. The minimum Gasteiger partial charge on any atom is -0.452 e. The quantitative estimate of drug-likeness (QED) is 0.551. The van der Waals surface area contributed by atoms with Gasteiger partial charge in [-0.1, -0.05) is 0 Å². The van der Waals surface area contributed by atoms with Crippen LogP contribution in [0.15, 0.2) is 51.6 Å². The zero-order valence-electron chi connectivity index (χ0n) is 12.9. The maximum absolute atomic E-state index is 12.9. The van der Waals surface area contributed by atoms with Gasteiger partial charge in [0.1, 0.15) is 11.6 Å². The molecule has 0 aliphatic rings. The number of rotatable bonds is 6. The number of benzene rings is 1. The maximum atomic E-state index is 12.9. The van der Waals surface area contributed by atoms with Crippen LogP contribution >= 0.6 is 15.9 Å². The van der Waals surface area contributed by atoms with Crippen molar-refractivity contribution in [3.05, 3.63) is 58.7 Å². The molecule has 2 rings (SSSR count). The van der Waals surface area contributed by atoms with E-state index >= 15 is 0 Å². The summed E-state index contributed by atoms with van der Waals surface area (Å²) < 4.78 is 23.6. The van der Waals surface area contributed by atoms with Crippen LogP contribution in [0.2, 0.25) is 0 Å². The highest BCUT2D eigenvalue weighted by atomic mass is 79.9. The summed E-state index contributed by atoms with van der Waals surface area (Å²) in [5, 5.41) is 0. The van der Waals surface area contributed by atoms with Gasteiger partial charge in [-0.2, -0.15) is 0 Å². The zero-order valence-corrected chi connectivity index (χ0v) is 14.5. The van der Waals surface area contributed by atoms with Crippen LogP contribution in [0.25, 0.3) is 6.08 Å². The summed E-state index contributed by atoms with van der Waals surface area (Å²) in [6, 6.07) is 8.88. The molecule has 126 valence electrons. The van der Waals surface area contributed by atoms with Crippen molar-refractivity contribution in [2.24, 2.45) is 0 Å². The Labute approximate surface area is 146 Å². The van der Waals surface area contributed by atoms with Crippen LogP contribution in [0.5, 0.6) is 0 Å². The highest BCUT2D eigenvalue weighted by Gasteiger charge is 2.15. The standard InChI is InChI=1S/C17H15BrFNO4/c1-2-20(13-5-3-12(19)4-6-13)16(21)11-23-17(22)10-8-14-7-9-15(18)24-14/h3-10H,2,11H2,1H3/b10-8+. The molecule has 1 aromatic heterocycles. The molecule has 5 nitrogen and oxygen atoms in total. The molecule has 24 heavy (non-hydrogen) atoms. The third kappa shape index (κ3) is 5.06. The molecular formula is C17H15BrFNO4. The van der Waals surface area contributed by atoms with Crippen LogP contribution in [-0.2, 0) is 14.3 Å². The van der Waals surface area contributed by atoms with Crippen LogP contribution in [0.3, 0.4) is 0 Å². The molecule has 0 unspecified atom stereocenters. The molecule has 1 amide bonds. The number of hydrogen-bond acceptors (Lipinski definition) is 4. The van der Waals surface area contributed by atoms with Gasteiger partial charge in [-0.25, -0.2) is 9.18 Å². The Kier molecular flexibility index (Phi) is 6.31. The van der Waals surface area contributed by atoms with Crippen molar-refractivity contribution in [3.8, 4) is 0 Å².